The molecule has 2 rings (SSSR count). The van der Waals surface area contributed by atoms with Crippen LogP contribution in [0.5, 0.6) is 5.75 Å². The molecular weight excluding hydrogens is 396 g/mol. The Hall–Kier alpha value is -2.65. The third-order valence-corrected chi connectivity index (χ3v) is 5.93. The first-order valence-corrected chi connectivity index (χ1v) is 9.72. The van der Waals surface area contributed by atoms with Crippen molar-refractivity contribution in [3.8, 4) is 5.75 Å². The van der Waals surface area contributed by atoms with Gasteiger partial charge in [0.15, 0.2) is 4.90 Å². The van der Waals surface area contributed by atoms with Crippen LogP contribution in [0, 0.1) is 10.1 Å². The predicted molar refractivity (Wildman–Crippen MR) is 101 cm³/mol. The number of carbonyl (C=O) groups is 1. The van der Waals surface area contributed by atoms with Crippen molar-refractivity contribution in [1.29, 1.82) is 0 Å². The van der Waals surface area contributed by atoms with Crippen LogP contribution in [0.1, 0.15) is 13.8 Å². The van der Waals surface area contributed by atoms with Gasteiger partial charge in [0.1, 0.15) is 11.8 Å². The first-order chi connectivity index (χ1) is 12.7. The quantitative estimate of drug-likeness (QED) is 0.374. The molecule has 0 amide bonds. The van der Waals surface area contributed by atoms with Gasteiger partial charge in [-0.15, -0.1) is 0 Å². The number of nitro groups is 1. The Balaban J connectivity index is 2.76. The normalized spacial score (nSPS) is 12.3. The molecule has 0 aromatic heterocycles. The van der Waals surface area contributed by atoms with E-state index < -0.39 is 36.8 Å². The van der Waals surface area contributed by atoms with Crippen molar-refractivity contribution in [3.05, 3.63) is 58.6 Å². The van der Waals surface area contributed by atoms with E-state index in [1.807, 2.05) is 0 Å². The van der Waals surface area contributed by atoms with Crippen LogP contribution in [-0.2, 0) is 14.8 Å². The average molecular weight is 413 g/mol. The van der Waals surface area contributed by atoms with E-state index in [1.165, 1.54) is 31.2 Å². The second kappa shape index (κ2) is 8.36. The van der Waals surface area contributed by atoms with Gasteiger partial charge in [0.25, 0.3) is 15.7 Å². The zero-order chi connectivity index (χ0) is 20.2. The van der Waals surface area contributed by atoms with Crippen molar-refractivity contribution in [1.82, 2.24) is 0 Å². The van der Waals surface area contributed by atoms with Gasteiger partial charge in [-0.05, 0) is 43.6 Å². The second-order valence-corrected chi connectivity index (χ2v) is 7.56. The van der Waals surface area contributed by atoms with Crippen molar-refractivity contribution in [2.45, 2.75) is 24.8 Å². The fourth-order valence-electron chi connectivity index (χ4n) is 2.49. The van der Waals surface area contributed by atoms with Crippen LogP contribution in [0.2, 0.25) is 0 Å². The number of hydrogen-bond acceptors (Lipinski definition) is 6. The zero-order valence-electron chi connectivity index (χ0n) is 14.5. The lowest BCUT2D eigenvalue weighted by molar-refractivity contribution is -0.387. The lowest BCUT2D eigenvalue weighted by Gasteiger charge is -2.29. The highest BCUT2D eigenvalue weighted by Crippen LogP contribution is 2.36. The molecule has 0 radical (unpaired) electrons. The summed E-state index contributed by atoms with van der Waals surface area (Å²) in [6, 6.07) is 9.74. The Morgan fingerprint density at radius 3 is 2.41 bits per heavy atom. The number of anilines is 1. The van der Waals surface area contributed by atoms with Crippen LogP contribution in [-0.4, -0.2) is 31.2 Å². The highest BCUT2D eigenvalue weighted by atomic mass is 35.5. The highest BCUT2D eigenvalue weighted by Gasteiger charge is 2.38. The summed E-state index contributed by atoms with van der Waals surface area (Å²) in [7, 11) is -4.51. The average Bonchev–Trinajstić information content (AvgIpc) is 2.63. The van der Waals surface area contributed by atoms with E-state index in [2.05, 4.69) is 0 Å². The van der Waals surface area contributed by atoms with Crippen molar-refractivity contribution in [2.75, 3.05) is 10.9 Å². The number of carbonyl (C=O) groups excluding carboxylic acids is 1. The number of nitro benzene ring substituents is 1. The molecule has 0 aliphatic rings. The number of benzene rings is 2. The van der Waals surface area contributed by atoms with Crippen molar-refractivity contribution >= 4 is 38.2 Å². The van der Waals surface area contributed by atoms with Crippen LogP contribution >= 0.6 is 11.6 Å². The molecule has 27 heavy (non-hydrogen) atoms. The van der Waals surface area contributed by atoms with Crippen LogP contribution in [0.4, 0.5) is 11.4 Å². The predicted octanol–water partition coefficient (Wildman–Crippen LogP) is 3.34. The van der Waals surface area contributed by atoms with Crippen molar-refractivity contribution in [2.24, 2.45) is 0 Å². The molecule has 0 spiro atoms. The summed E-state index contributed by atoms with van der Waals surface area (Å²) in [5, 5.41) is 10.4. The number of nitrogens with zero attached hydrogens (tertiary/aromatic N) is 2. The third kappa shape index (κ3) is 4.20. The summed E-state index contributed by atoms with van der Waals surface area (Å²) in [6.07, 6.45) is 0. The Kier molecular flexibility index (Phi) is 6.40. The van der Waals surface area contributed by atoms with Crippen LogP contribution in [0.15, 0.2) is 53.4 Å². The summed E-state index contributed by atoms with van der Waals surface area (Å²) >= 11 is 5.58. The van der Waals surface area contributed by atoms with E-state index in [0.717, 1.165) is 16.4 Å². The van der Waals surface area contributed by atoms with E-state index in [4.69, 9.17) is 16.3 Å². The fraction of sp³-hybridized carbons (Fsp3) is 0.235. The van der Waals surface area contributed by atoms with E-state index in [9.17, 15) is 23.3 Å². The molecule has 0 N–H and O–H groups in total. The van der Waals surface area contributed by atoms with Crippen LogP contribution < -0.4 is 9.04 Å². The first-order valence-electron chi connectivity index (χ1n) is 7.90. The van der Waals surface area contributed by atoms with Gasteiger partial charge in [-0.2, -0.15) is 0 Å². The van der Waals surface area contributed by atoms with E-state index in [1.54, 1.807) is 19.1 Å². The van der Waals surface area contributed by atoms with Crippen molar-refractivity contribution in [3.63, 3.8) is 0 Å². The van der Waals surface area contributed by atoms with Gasteiger partial charge in [0.2, 0.25) is 5.24 Å². The van der Waals surface area contributed by atoms with Gasteiger partial charge < -0.3 is 4.74 Å². The third-order valence-electron chi connectivity index (χ3n) is 3.68. The van der Waals surface area contributed by atoms with Gasteiger partial charge in [0, 0.05) is 6.07 Å². The Bertz CT molecular complexity index is 963. The van der Waals surface area contributed by atoms with Crippen molar-refractivity contribution < 1.29 is 22.9 Å². The van der Waals surface area contributed by atoms with Gasteiger partial charge in [-0.1, -0.05) is 24.3 Å². The maximum Gasteiger partial charge on any atom is 0.289 e. The van der Waals surface area contributed by atoms with Gasteiger partial charge in [-0.25, -0.2) is 8.42 Å². The fourth-order valence-corrected chi connectivity index (χ4v) is 4.43. The molecule has 0 aliphatic heterocycles. The molecule has 2 aromatic rings. The number of sulfonamides is 1. The number of hydrogen-bond donors (Lipinski definition) is 0. The van der Waals surface area contributed by atoms with Crippen LogP contribution in [0.3, 0.4) is 0 Å². The number of ether oxygens (including phenoxy) is 1. The summed E-state index contributed by atoms with van der Waals surface area (Å²) in [4.78, 5) is 21.8. The molecule has 144 valence electrons. The Morgan fingerprint density at radius 2 is 1.81 bits per heavy atom. The molecule has 0 aliphatic carbocycles. The lowest BCUT2D eigenvalue weighted by atomic mass is 10.2. The van der Waals surface area contributed by atoms with Gasteiger partial charge >= 0.3 is 0 Å². The molecule has 0 saturated heterocycles. The second-order valence-electron chi connectivity index (χ2n) is 5.41. The summed E-state index contributed by atoms with van der Waals surface area (Å²) in [5.74, 6) is 0.201. The SMILES string of the molecule is CCOc1ccccc1N(C(C)C(=O)Cl)S(=O)(=O)c1ccccc1[N+](=O)[O-]. The number of rotatable bonds is 8. The molecule has 1 atom stereocenters. The Morgan fingerprint density at radius 1 is 1.22 bits per heavy atom. The largest absolute Gasteiger partial charge is 0.492 e. The number of para-hydroxylation sites is 3. The van der Waals surface area contributed by atoms with E-state index in [-0.39, 0.29) is 18.0 Å². The lowest BCUT2D eigenvalue weighted by Crippen LogP contribution is -2.42. The minimum Gasteiger partial charge on any atom is -0.492 e. The zero-order valence-corrected chi connectivity index (χ0v) is 16.1. The summed E-state index contributed by atoms with van der Waals surface area (Å²) < 4.78 is 32.8. The highest BCUT2D eigenvalue weighted by molar-refractivity contribution is 7.93. The molecule has 0 bridgehead atoms. The molecular formula is C17H17ClN2O6S. The summed E-state index contributed by atoms with van der Waals surface area (Å²) in [6.45, 7) is 3.26. The number of halogens is 1. The minimum atomic E-state index is -4.51. The van der Waals surface area contributed by atoms with E-state index >= 15 is 0 Å². The molecule has 8 nitrogen and oxygen atoms in total. The van der Waals surface area contributed by atoms with Gasteiger partial charge in [0.05, 0.1) is 17.2 Å². The molecule has 0 fully saturated rings. The topological polar surface area (TPSA) is 107 Å². The Labute approximate surface area is 161 Å². The van der Waals surface area contributed by atoms with Gasteiger partial charge in [-0.3, -0.25) is 19.2 Å². The molecule has 0 saturated carbocycles. The molecule has 1 unspecified atom stereocenters. The molecule has 0 heterocycles. The molecule has 10 heteroatoms. The first kappa shape index (κ1) is 20.7. The summed E-state index contributed by atoms with van der Waals surface area (Å²) in [5.41, 5.74) is -0.551. The minimum absolute atomic E-state index is 0.0546. The maximum absolute atomic E-state index is 13.3. The van der Waals surface area contributed by atoms with E-state index in [0.29, 0.717) is 0 Å². The van der Waals surface area contributed by atoms with Crippen LogP contribution in [0.25, 0.3) is 0 Å². The maximum atomic E-state index is 13.3. The molecule has 2 aromatic carbocycles. The standard InChI is InChI=1S/C17H17ClN2O6S/c1-3-26-15-10-6-4-8-13(15)19(12(2)17(18)21)27(24,25)16-11-7-5-9-14(16)20(22)23/h4-12H,3H2,1-2H3. The monoisotopic (exact) mass is 412 g/mol. The smallest absolute Gasteiger partial charge is 0.289 e.